The number of rotatable bonds is 2. The molecule has 2 fully saturated rings. The lowest BCUT2D eigenvalue weighted by Crippen LogP contribution is -2.35. The van der Waals surface area contributed by atoms with Gasteiger partial charge in [0.2, 0.25) is 0 Å². The van der Waals surface area contributed by atoms with Crippen LogP contribution in [0.2, 0.25) is 0 Å². The molecule has 1 unspecified atom stereocenters. The van der Waals surface area contributed by atoms with Crippen molar-refractivity contribution in [3.63, 3.8) is 0 Å². The summed E-state index contributed by atoms with van der Waals surface area (Å²) in [4.78, 5) is 5.08. The molecule has 0 spiro atoms. The molecule has 3 rings (SSSR count). The van der Waals surface area contributed by atoms with Crippen LogP contribution in [-0.4, -0.2) is 37.1 Å². The number of anilines is 1. The lowest BCUT2D eigenvalue weighted by Gasteiger charge is -2.24. The Hall–Kier alpha value is -1.05. The van der Waals surface area contributed by atoms with Crippen LogP contribution >= 0.6 is 15.9 Å². The first-order chi connectivity index (χ1) is 9.28. The average molecular weight is 320 g/mol. The van der Waals surface area contributed by atoms with E-state index < -0.39 is 0 Å². The lowest BCUT2D eigenvalue weighted by atomic mass is 10.2. The molecule has 4 heteroatoms. The molecule has 0 aromatic heterocycles. The van der Waals surface area contributed by atoms with Crippen LogP contribution in [0, 0.1) is 11.3 Å². The normalized spacial score (nSPS) is 23.8. The van der Waals surface area contributed by atoms with E-state index in [-0.39, 0.29) is 0 Å². The van der Waals surface area contributed by atoms with Crippen molar-refractivity contribution in [2.45, 2.75) is 25.3 Å². The second-order valence-corrected chi connectivity index (χ2v) is 6.26. The van der Waals surface area contributed by atoms with Crippen molar-refractivity contribution in [3.05, 3.63) is 28.2 Å². The van der Waals surface area contributed by atoms with Gasteiger partial charge in [0.25, 0.3) is 0 Å². The summed E-state index contributed by atoms with van der Waals surface area (Å²) < 4.78 is 0.900. The molecule has 2 saturated heterocycles. The number of likely N-dealkylation sites (tertiary alicyclic amines) is 1. The fourth-order valence-corrected chi connectivity index (χ4v) is 3.63. The third kappa shape index (κ3) is 2.63. The third-order valence-electron chi connectivity index (χ3n) is 4.26. The Labute approximate surface area is 122 Å². The molecule has 100 valence electrons. The van der Waals surface area contributed by atoms with E-state index in [1.165, 1.54) is 38.0 Å². The smallest absolute Gasteiger partial charge is 0.100 e. The Morgan fingerprint density at radius 1 is 1.21 bits per heavy atom. The van der Waals surface area contributed by atoms with E-state index in [2.05, 4.69) is 43.9 Å². The van der Waals surface area contributed by atoms with Crippen LogP contribution in [0.15, 0.2) is 22.7 Å². The van der Waals surface area contributed by atoms with Gasteiger partial charge in [-0.05, 0) is 66.5 Å². The topological polar surface area (TPSA) is 30.3 Å². The molecule has 0 N–H and O–H groups in total. The van der Waals surface area contributed by atoms with Gasteiger partial charge in [0.1, 0.15) is 6.07 Å². The fraction of sp³-hybridized carbons (Fsp3) is 0.533. The lowest BCUT2D eigenvalue weighted by molar-refractivity contribution is 0.260. The number of hydrogen-bond acceptors (Lipinski definition) is 3. The van der Waals surface area contributed by atoms with Gasteiger partial charge < -0.3 is 4.90 Å². The van der Waals surface area contributed by atoms with Crippen molar-refractivity contribution in [1.82, 2.24) is 4.90 Å². The van der Waals surface area contributed by atoms with Crippen molar-refractivity contribution >= 4 is 21.6 Å². The first-order valence-electron chi connectivity index (χ1n) is 6.96. The Bertz CT molecular complexity index is 503. The second kappa shape index (κ2) is 5.52. The largest absolute Gasteiger partial charge is 0.370 e. The van der Waals surface area contributed by atoms with Crippen LogP contribution in [0.25, 0.3) is 0 Å². The van der Waals surface area contributed by atoms with Crippen LogP contribution in [0.5, 0.6) is 0 Å². The first-order valence-corrected chi connectivity index (χ1v) is 7.76. The molecule has 0 aliphatic carbocycles. The van der Waals surface area contributed by atoms with Gasteiger partial charge in [0.05, 0.1) is 5.56 Å². The van der Waals surface area contributed by atoms with Gasteiger partial charge in [-0.15, -0.1) is 0 Å². The maximum Gasteiger partial charge on any atom is 0.100 e. The molecule has 0 radical (unpaired) electrons. The Balaban J connectivity index is 1.70. The highest BCUT2D eigenvalue weighted by Crippen LogP contribution is 2.28. The summed E-state index contributed by atoms with van der Waals surface area (Å²) in [6, 6.07) is 8.96. The van der Waals surface area contributed by atoms with E-state index in [4.69, 9.17) is 5.26 Å². The molecule has 2 aliphatic heterocycles. The summed E-state index contributed by atoms with van der Waals surface area (Å²) in [5.41, 5.74) is 1.94. The number of benzene rings is 1. The van der Waals surface area contributed by atoms with E-state index >= 15 is 0 Å². The monoisotopic (exact) mass is 319 g/mol. The molecule has 0 saturated carbocycles. The van der Waals surface area contributed by atoms with Crippen LogP contribution in [0.4, 0.5) is 5.69 Å². The minimum absolute atomic E-state index is 0.707. The van der Waals surface area contributed by atoms with Crippen LogP contribution < -0.4 is 4.90 Å². The van der Waals surface area contributed by atoms with Crippen molar-refractivity contribution in [1.29, 1.82) is 5.26 Å². The summed E-state index contributed by atoms with van der Waals surface area (Å²) >= 11 is 3.48. The van der Waals surface area contributed by atoms with Gasteiger partial charge in [-0.1, -0.05) is 0 Å². The summed E-state index contributed by atoms with van der Waals surface area (Å²) in [6.45, 7) is 4.79. The highest BCUT2D eigenvalue weighted by molar-refractivity contribution is 9.10. The molecule has 19 heavy (non-hydrogen) atoms. The molecule has 3 nitrogen and oxygen atoms in total. The molecular formula is C15H18BrN3. The standard InChI is InChI=1S/C15H18BrN3/c16-15-9-13(4-3-12(15)10-17)19-8-5-14(11-19)18-6-1-2-7-18/h3-4,9,14H,1-2,5-8,11H2. The number of nitrogens with zero attached hydrogens (tertiary/aromatic N) is 3. The number of nitriles is 1. The summed E-state index contributed by atoms with van der Waals surface area (Å²) in [5.74, 6) is 0. The maximum atomic E-state index is 8.96. The molecule has 2 heterocycles. The van der Waals surface area contributed by atoms with Crippen LogP contribution in [0.3, 0.4) is 0 Å². The molecule has 1 atom stereocenters. The van der Waals surface area contributed by atoms with Crippen molar-refractivity contribution in [3.8, 4) is 6.07 Å². The van der Waals surface area contributed by atoms with Gasteiger partial charge >= 0.3 is 0 Å². The fourth-order valence-electron chi connectivity index (χ4n) is 3.17. The van der Waals surface area contributed by atoms with Crippen molar-refractivity contribution < 1.29 is 0 Å². The molecule has 2 aliphatic rings. The zero-order valence-electron chi connectivity index (χ0n) is 11.0. The van der Waals surface area contributed by atoms with Crippen LogP contribution in [0.1, 0.15) is 24.8 Å². The Morgan fingerprint density at radius 2 is 2.00 bits per heavy atom. The van der Waals surface area contributed by atoms with E-state index in [1.54, 1.807) is 0 Å². The molecule has 1 aromatic carbocycles. The SMILES string of the molecule is N#Cc1ccc(N2CCC(N3CCCC3)C2)cc1Br. The Morgan fingerprint density at radius 3 is 2.68 bits per heavy atom. The van der Waals surface area contributed by atoms with Gasteiger partial charge in [-0.25, -0.2) is 0 Å². The molecule has 1 aromatic rings. The van der Waals surface area contributed by atoms with Gasteiger partial charge in [0.15, 0.2) is 0 Å². The highest BCUT2D eigenvalue weighted by atomic mass is 79.9. The van der Waals surface area contributed by atoms with E-state index in [0.717, 1.165) is 23.6 Å². The van der Waals surface area contributed by atoms with Gasteiger partial charge in [-0.2, -0.15) is 5.26 Å². The minimum Gasteiger partial charge on any atom is -0.370 e. The first kappa shape index (κ1) is 13.0. The zero-order chi connectivity index (χ0) is 13.2. The van der Waals surface area contributed by atoms with Crippen LogP contribution in [-0.2, 0) is 0 Å². The zero-order valence-corrected chi connectivity index (χ0v) is 12.6. The van der Waals surface area contributed by atoms with E-state index in [0.29, 0.717) is 5.56 Å². The van der Waals surface area contributed by atoms with Gasteiger partial charge in [-0.3, -0.25) is 4.90 Å². The van der Waals surface area contributed by atoms with E-state index in [1.807, 2.05) is 6.07 Å². The second-order valence-electron chi connectivity index (χ2n) is 5.41. The number of halogens is 1. The highest BCUT2D eigenvalue weighted by Gasteiger charge is 2.29. The summed E-state index contributed by atoms with van der Waals surface area (Å²) in [7, 11) is 0. The third-order valence-corrected chi connectivity index (χ3v) is 4.91. The molecule has 0 bridgehead atoms. The quantitative estimate of drug-likeness (QED) is 0.839. The Kier molecular flexibility index (Phi) is 3.76. The average Bonchev–Trinajstić information content (AvgIpc) is 3.09. The predicted octanol–water partition coefficient (Wildman–Crippen LogP) is 3.00. The molecular weight excluding hydrogens is 302 g/mol. The molecule has 0 amide bonds. The predicted molar refractivity (Wildman–Crippen MR) is 80.3 cm³/mol. The minimum atomic E-state index is 0.707. The summed E-state index contributed by atoms with van der Waals surface area (Å²) in [5, 5.41) is 8.96. The maximum absolute atomic E-state index is 8.96. The van der Waals surface area contributed by atoms with Gasteiger partial charge in [0, 0.05) is 29.3 Å². The van der Waals surface area contributed by atoms with Crippen molar-refractivity contribution in [2.75, 3.05) is 31.1 Å². The van der Waals surface area contributed by atoms with Crippen molar-refractivity contribution in [2.24, 2.45) is 0 Å². The summed E-state index contributed by atoms with van der Waals surface area (Å²) in [6.07, 6.45) is 3.98. The van der Waals surface area contributed by atoms with E-state index in [9.17, 15) is 0 Å². The number of hydrogen-bond donors (Lipinski definition) is 0.